The minimum Gasteiger partial charge on any atom is -0.289 e. The topological polar surface area (TPSA) is 34.1 Å². The number of halogens is 1. The third-order valence-corrected chi connectivity index (χ3v) is 2.60. The van der Waals surface area contributed by atoms with E-state index in [-0.39, 0.29) is 22.7 Å². The molecule has 0 aromatic heterocycles. The van der Waals surface area contributed by atoms with E-state index in [9.17, 15) is 14.0 Å². The third kappa shape index (κ3) is 1.31. The van der Waals surface area contributed by atoms with Crippen LogP contribution < -0.4 is 0 Å². The molecule has 1 aromatic rings. The second-order valence-electron chi connectivity index (χ2n) is 3.61. The Balaban J connectivity index is 2.87. The number of allylic oxidation sites excluding steroid dienone is 2. The summed E-state index contributed by atoms with van der Waals surface area (Å²) in [6.45, 7) is 3.14. The van der Waals surface area contributed by atoms with Crippen molar-refractivity contribution in [3.05, 3.63) is 46.3 Å². The molecule has 0 unspecified atom stereocenters. The van der Waals surface area contributed by atoms with Gasteiger partial charge < -0.3 is 0 Å². The van der Waals surface area contributed by atoms with Crippen LogP contribution in [0.5, 0.6) is 0 Å². The zero-order valence-electron chi connectivity index (χ0n) is 8.43. The molecule has 3 heteroatoms. The first-order valence-electron chi connectivity index (χ1n) is 4.59. The molecule has 0 amide bonds. The Hall–Kier alpha value is -1.77. The first-order valence-corrected chi connectivity index (χ1v) is 4.59. The summed E-state index contributed by atoms with van der Waals surface area (Å²) in [5.41, 5.74) is 1.30. The van der Waals surface area contributed by atoms with E-state index in [1.54, 1.807) is 6.92 Å². The Morgan fingerprint density at radius 1 is 1.00 bits per heavy atom. The van der Waals surface area contributed by atoms with Gasteiger partial charge in [0.1, 0.15) is 5.82 Å². The van der Waals surface area contributed by atoms with Crippen molar-refractivity contribution < 1.29 is 14.0 Å². The van der Waals surface area contributed by atoms with Crippen molar-refractivity contribution >= 4 is 11.6 Å². The maximum absolute atomic E-state index is 13.4. The van der Waals surface area contributed by atoms with E-state index >= 15 is 0 Å². The molecule has 0 fully saturated rings. The summed E-state index contributed by atoms with van der Waals surface area (Å²) in [7, 11) is 0. The molecule has 1 aromatic carbocycles. The van der Waals surface area contributed by atoms with Crippen LogP contribution in [0.25, 0.3) is 0 Å². The van der Waals surface area contributed by atoms with Crippen LogP contribution in [0.1, 0.15) is 31.8 Å². The summed E-state index contributed by atoms with van der Waals surface area (Å²) in [6, 6.07) is 1.29. The SMILES string of the molecule is Cc1cc(F)c(C)c2c1C(=O)C=CC2=O. The Morgan fingerprint density at radius 3 is 2.13 bits per heavy atom. The van der Waals surface area contributed by atoms with Crippen LogP contribution >= 0.6 is 0 Å². The van der Waals surface area contributed by atoms with Gasteiger partial charge in [0.05, 0.1) is 0 Å². The minimum absolute atomic E-state index is 0.208. The molecule has 0 bridgehead atoms. The van der Waals surface area contributed by atoms with Gasteiger partial charge in [0, 0.05) is 11.1 Å². The van der Waals surface area contributed by atoms with Crippen LogP contribution in [0.15, 0.2) is 18.2 Å². The first-order chi connectivity index (χ1) is 7.02. The van der Waals surface area contributed by atoms with Gasteiger partial charge in [-0.2, -0.15) is 0 Å². The Bertz CT molecular complexity index is 513. The largest absolute Gasteiger partial charge is 0.289 e. The van der Waals surface area contributed by atoms with Crippen LogP contribution in [0, 0.1) is 19.7 Å². The highest BCUT2D eigenvalue weighted by Gasteiger charge is 2.24. The number of rotatable bonds is 0. The van der Waals surface area contributed by atoms with Crippen molar-refractivity contribution in [1.82, 2.24) is 0 Å². The number of aryl methyl sites for hydroxylation is 1. The van der Waals surface area contributed by atoms with Crippen molar-refractivity contribution in [2.75, 3.05) is 0 Å². The van der Waals surface area contributed by atoms with Gasteiger partial charge in [0.2, 0.25) is 0 Å². The zero-order chi connectivity index (χ0) is 11.2. The number of hydrogen-bond acceptors (Lipinski definition) is 2. The Morgan fingerprint density at radius 2 is 1.53 bits per heavy atom. The number of hydrogen-bond donors (Lipinski definition) is 0. The summed E-state index contributed by atoms with van der Waals surface area (Å²) in [4.78, 5) is 23.1. The van der Waals surface area contributed by atoms with E-state index in [1.807, 2.05) is 0 Å². The average molecular weight is 204 g/mol. The fourth-order valence-electron chi connectivity index (χ4n) is 1.82. The molecule has 1 aliphatic carbocycles. The lowest BCUT2D eigenvalue weighted by Crippen LogP contribution is -2.16. The van der Waals surface area contributed by atoms with E-state index in [4.69, 9.17) is 0 Å². The van der Waals surface area contributed by atoms with E-state index in [1.165, 1.54) is 25.1 Å². The average Bonchev–Trinajstić information content (AvgIpc) is 2.18. The van der Waals surface area contributed by atoms with E-state index in [2.05, 4.69) is 0 Å². The lowest BCUT2D eigenvalue weighted by atomic mass is 9.88. The molecular weight excluding hydrogens is 195 g/mol. The Labute approximate surface area is 86.4 Å². The van der Waals surface area contributed by atoms with E-state index in [0.29, 0.717) is 11.1 Å². The maximum atomic E-state index is 13.4. The number of carbonyl (C=O) groups is 2. The molecule has 0 atom stereocenters. The van der Waals surface area contributed by atoms with Crippen LogP contribution in [-0.2, 0) is 0 Å². The number of fused-ring (bicyclic) bond motifs is 1. The van der Waals surface area contributed by atoms with Crippen LogP contribution in [0.3, 0.4) is 0 Å². The monoisotopic (exact) mass is 204 g/mol. The number of carbonyl (C=O) groups excluding carboxylic acids is 2. The lowest BCUT2D eigenvalue weighted by molar-refractivity contribution is 0.0992. The van der Waals surface area contributed by atoms with Crippen LogP contribution in [0.4, 0.5) is 4.39 Å². The molecule has 76 valence electrons. The van der Waals surface area contributed by atoms with Crippen molar-refractivity contribution in [1.29, 1.82) is 0 Å². The van der Waals surface area contributed by atoms with Gasteiger partial charge in [-0.3, -0.25) is 9.59 Å². The minimum atomic E-state index is -0.442. The summed E-state index contributed by atoms with van der Waals surface area (Å²) >= 11 is 0. The molecule has 2 nitrogen and oxygen atoms in total. The molecule has 2 rings (SSSR count). The third-order valence-electron chi connectivity index (χ3n) is 2.60. The molecule has 0 radical (unpaired) electrons. The zero-order valence-corrected chi connectivity index (χ0v) is 8.43. The summed E-state index contributed by atoms with van der Waals surface area (Å²) in [5, 5.41) is 0. The molecular formula is C12H9FO2. The van der Waals surface area contributed by atoms with Gasteiger partial charge in [-0.15, -0.1) is 0 Å². The number of benzene rings is 1. The standard InChI is InChI=1S/C12H9FO2/c1-6-5-8(13)7(2)12-10(15)4-3-9(14)11(6)12/h3-5H,1-2H3. The maximum Gasteiger partial charge on any atom is 0.187 e. The summed E-state index contributed by atoms with van der Waals surface area (Å²) in [5.74, 6) is -0.974. The van der Waals surface area contributed by atoms with Gasteiger partial charge in [-0.05, 0) is 43.2 Å². The summed E-state index contributed by atoms with van der Waals surface area (Å²) in [6.07, 6.45) is 2.42. The van der Waals surface area contributed by atoms with Crippen molar-refractivity contribution in [2.45, 2.75) is 13.8 Å². The predicted octanol–water partition coefficient (Wildman–Crippen LogP) is 2.38. The molecule has 0 saturated heterocycles. The van der Waals surface area contributed by atoms with Gasteiger partial charge in [-0.1, -0.05) is 0 Å². The van der Waals surface area contributed by atoms with Gasteiger partial charge in [-0.25, -0.2) is 4.39 Å². The second-order valence-corrected chi connectivity index (χ2v) is 3.61. The van der Waals surface area contributed by atoms with Crippen LogP contribution in [-0.4, -0.2) is 11.6 Å². The highest BCUT2D eigenvalue weighted by molar-refractivity contribution is 6.23. The fraction of sp³-hybridized carbons (Fsp3) is 0.167. The van der Waals surface area contributed by atoms with Gasteiger partial charge in [0.15, 0.2) is 11.6 Å². The van der Waals surface area contributed by atoms with Crippen molar-refractivity contribution in [3.8, 4) is 0 Å². The van der Waals surface area contributed by atoms with Crippen molar-refractivity contribution in [2.24, 2.45) is 0 Å². The van der Waals surface area contributed by atoms with Gasteiger partial charge in [0.25, 0.3) is 0 Å². The normalized spacial score (nSPS) is 14.3. The van der Waals surface area contributed by atoms with E-state index in [0.717, 1.165) is 0 Å². The highest BCUT2D eigenvalue weighted by Crippen LogP contribution is 2.25. The van der Waals surface area contributed by atoms with Crippen LogP contribution in [0.2, 0.25) is 0 Å². The molecule has 0 N–H and O–H groups in total. The van der Waals surface area contributed by atoms with E-state index < -0.39 is 5.82 Å². The molecule has 0 saturated carbocycles. The van der Waals surface area contributed by atoms with Crippen molar-refractivity contribution in [3.63, 3.8) is 0 Å². The quantitative estimate of drug-likeness (QED) is 0.650. The first kappa shape index (κ1) is 9.77. The molecule has 0 aliphatic heterocycles. The number of ketones is 2. The van der Waals surface area contributed by atoms with Gasteiger partial charge >= 0.3 is 0 Å². The molecule has 0 heterocycles. The molecule has 15 heavy (non-hydrogen) atoms. The lowest BCUT2D eigenvalue weighted by Gasteiger charge is -2.14. The Kier molecular flexibility index (Phi) is 2.03. The predicted molar refractivity (Wildman–Crippen MR) is 53.7 cm³/mol. The summed E-state index contributed by atoms with van der Waals surface area (Å²) < 4.78 is 13.4. The smallest absolute Gasteiger partial charge is 0.187 e. The molecule has 0 spiro atoms. The highest BCUT2D eigenvalue weighted by atomic mass is 19.1. The fourth-order valence-corrected chi connectivity index (χ4v) is 1.82. The second kappa shape index (κ2) is 3.12. The molecule has 1 aliphatic rings.